The normalized spacial score (nSPS) is 19.9. The molecule has 1 atom stereocenters. The zero-order valence-electron chi connectivity index (χ0n) is 9.16. The van der Waals surface area contributed by atoms with E-state index in [0.29, 0.717) is 18.4 Å². The van der Waals surface area contributed by atoms with E-state index in [0.717, 1.165) is 5.56 Å². The van der Waals surface area contributed by atoms with Crippen LogP contribution in [0.25, 0.3) is 0 Å². The van der Waals surface area contributed by atoms with Crippen molar-refractivity contribution in [2.24, 2.45) is 5.92 Å². The number of carbonyl (C=O) groups is 2. The van der Waals surface area contributed by atoms with Crippen LogP contribution in [0.2, 0.25) is 0 Å². The molecule has 0 fully saturated rings. The fourth-order valence-corrected chi connectivity index (χ4v) is 2.22. The maximum absolute atomic E-state index is 12.4. The molecule has 1 aromatic rings. The third-order valence-corrected chi connectivity index (χ3v) is 3.10. The number of fused-ring (bicyclic) bond motifs is 1. The van der Waals surface area contributed by atoms with Crippen LogP contribution in [0.4, 0.5) is 8.78 Å². The SMILES string of the molecule is O=C1c2ccccc2CCCC1C(=O)C(F)F. The van der Waals surface area contributed by atoms with Gasteiger partial charge >= 0.3 is 0 Å². The number of hydrogen-bond donors (Lipinski definition) is 0. The van der Waals surface area contributed by atoms with E-state index in [4.69, 9.17) is 0 Å². The van der Waals surface area contributed by atoms with Crippen LogP contribution >= 0.6 is 0 Å². The van der Waals surface area contributed by atoms with E-state index in [-0.39, 0.29) is 6.42 Å². The van der Waals surface area contributed by atoms with Gasteiger partial charge in [-0.3, -0.25) is 9.59 Å². The lowest BCUT2D eigenvalue weighted by Gasteiger charge is -2.11. The summed E-state index contributed by atoms with van der Waals surface area (Å²) in [7, 11) is 0. The molecule has 0 spiro atoms. The van der Waals surface area contributed by atoms with Crippen molar-refractivity contribution in [2.45, 2.75) is 25.7 Å². The summed E-state index contributed by atoms with van der Waals surface area (Å²) in [5, 5.41) is 0. The number of Topliss-reactive ketones (excluding diaryl/α,β-unsaturated/α-hetero) is 2. The minimum Gasteiger partial charge on any atom is -0.293 e. The summed E-state index contributed by atoms with van der Waals surface area (Å²) in [5.41, 5.74) is 1.27. The lowest BCUT2D eigenvalue weighted by atomic mass is 9.91. The number of carbonyl (C=O) groups excluding carboxylic acids is 2. The zero-order chi connectivity index (χ0) is 12.4. The van der Waals surface area contributed by atoms with E-state index in [1.165, 1.54) is 0 Å². The summed E-state index contributed by atoms with van der Waals surface area (Å²) < 4.78 is 24.8. The molecule has 2 nitrogen and oxygen atoms in total. The second-order valence-electron chi connectivity index (χ2n) is 4.17. The van der Waals surface area contributed by atoms with Gasteiger partial charge in [-0.2, -0.15) is 0 Å². The third kappa shape index (κ3) is 2.25. The van der Waals surface area contributed by atoms with Gasteiger partial charge in [0.2, 0.25) is 5.78 Å². The quantitative estimate of drug-likeness (QED) is 0.586. The van der Waals surface area contributed by atoms with Gasteiger partial charge in [0.25, 0.3) is 6.43 Å². The molecule has 0 aromatic heterocycles. The smallest absolute Gasteiger partial charge is 0.293 e. The Kier molecular flexibility index (Phi) is 3.31. The number of alkyl halides is 2. The van der Waals surface area contributed by atoms with E-state index in [1.54, 1.807) is 18.2 Å². The highest BCUT2D eigenvalue weighted by Gasteiger charge is 2.34. The van der Waals surface area contributed by atoms with Crippen LogP contribution < -0.4 is 0 Å². The Balaban J connectivity index is 2.35. The van der Waals surface area contributed by atoms with Crippen molar-refractivity contribution < 1.29 is 18.4 Å². The predicted molar refractivity (Wildman–Crippen MR) is 58.2 cm³/mol. The fraction of sp³-hybridized carbons (Fsp3) is 0.385. The first-order valence-corrected chi connectivity index (χ1v) is 5.55. The summed E-state index contributed by atoms with van der Waals surface area (Å²) in [6, 6.07) is 6.91. The monoisotopic (exact) mass is 238 g/mol. The minimum atomic E-state index is -3.06. The molecule has 1 unspecified atom stereocenters. The minimum absolute atomic E-state index is 0.219. The first-order valence-electron chi connectivity index (χ1n) is 5.55. The molecule has 1 aliphatic rings. The molecule has 0 radical (unpaired) electrons. The molecular formula is C13H12F2O2. The molecule has 0 amide bonds. The Hall–Kier alpha value is -1.58. The summed E-state index contributed by atoms with van der Waals surface area (Å²) in [4.78, 5) is 23.3. The average Bonchev–Trinajstić information content (AvgIpc) is 2.48. The van der Waals surface area contributed by atoms with Gasteiger partial charge in [-0.15, -0.1) is 0 Å². The Bertz CT molecular complexity index is 454. The highest BCUT2D eigenvalue weighted by Crippen LogP contribution is 2.26. The number of hydrogen-bond acceptors (Lipinski definition) is 2. The van der Waals surface area contributed by atoms with Crippen molar-refractivity contribution >= 4 is 11.6 Å². The molecule has 1 aliphatic carbocycles. The average molecular weight is 238 g/mol. The molecule has 0 saturated carbocycles. The van der Waals surface area contributed by atoms with Crippen LogP contribution in [-0.4, -0.2) is 18.0 Å². The zero-order valence-corrected chi connectivity index (χ0v) is 9.16. The molecule has 2 rings (SSSR count). The van der Waals surface area contributed by atoms with Crippen molar-refractivity contribution in [2.75, 3.05) is 0 Å². The summed E-state index contributed by atoms with van der Waals surface area (Å²) >= 11 is 0. The van der Waals surface area contributed by atoms with E-state index in [9.17, 15) is 18.4 Å². The number of halogens is 2. The van der Waals surface area contributed by atoms with Gasteiger partial charge in [0.05, 0.1) is 5.92 Å². The number of rotatable bonds is 2. The second-order valence-corrected chi connectivity index (χ2v) is 4.17. The van der Waals surface area contributed by atoms with Gasteiger partial charge in [-0.25, -0.2) is 8.78 Å². The lowest BCUT2D eigenvalue weighted by Crippen LogP contribution is -2.28. The molecule has 0 saturated heterocycles. The van der Waals surface area contributed by atoms with Crippen LogP contribution in [0.1, 0.15) is 28.8 Å². The molecule has 0 heterocycles. The van der Waals surface area contributed by atoms with Crippen molar-refractivity contribution in [1.82, 2.24) is 0 Å². The summed E-state index contributed by atoms with van der Waals surface area (Å²) in [5.74, 6) is -2.87. The maximum Gasteiger partial charge on any atom is 0.296 e. The summed E-state index contributed by atoms with van der Waals surface area (Å²) in [6.45, 7) is 0. The third-order valence-electron chi connectivity index (χ3n) is 3.10. The van der Waals surface area contributed by atoms with Crippen LogP contribution in [0, 0.1) is 5.92 Å². The van der Waals surface area contributed by atoms with Crippen molar-refractivity contribution in [3.8, 4) is 0 Å². The Morgan fingerprint density at radius 3 is 2.71 bits per heavy atom. The second kappa shape index (κ2) is 4.73. The standard InChI is InChI=1S/C13H12F2O2/c14-13(15)12(17)10-7-3-5-8-4-1-2-6-9(8)11(10)16/h1-2,4,6,10,13H,3,5,7H2. The fourth-order valence-electron chi connectivity index (χ4n) is 2.22. The van der Waals surface area contributed by atoms with Gasteiger partial charge in [0.1, 0.15) is 0 Å². The van der Waals surface area contributed by atoms with E-state index in [2.05, 4.69) is 0 Å². The Morgan fingerprint density at radius 1 is 1.29 bits per heavy atom. The number of benzene rings is 1. The molecule has 4 heteroatoms. The molecule has 0 bridgehead atoms. The molecule has 17 heavy (non-hydrogen) atoms. The Labute approximate surface area is 97.6 Å². The lowest BCUT2D eigenvalue weighted by molar-refractivity contribution is -0.132. The molecule has 1 aromatic carbocycles. The first-order chi connectivity index (χ1) is 8.11. The molecule has 0 N–H and O–H groups in total. The van der Waals surface area contributed by atoms with Crippen LogP contribution in [0.5, 0.6) is 0 Å². The van der Waals surface area contributed by atoms with Gasteiger partial charge in [-0.05, 0) is 24.8 Å². The van der Waals surface area contributed by atoms with Crippen LogP contribution in [0.15, 0.2) is 24.3 Å². The number of ketones is 2. The van der Waals surface area contributed by atoms with E-state index >= 15 is 0 Å². The highest BCUT2D eigenvalue weighted by atomic mass is 19.3. The van der Waals surface area contributed by atoms with Crippen LogP contribution in [0.3, 0.4) is 0 Å². The van der Waals surface area contributed by atoms with Crippen molar-refractivity contribution in [1.29, 1.82) is 0 Å². The van der Waals surface area contributed by atoms with Crippen molar-refractivity contribution in [3.05, 3.63) is 35.4 Å². The topological polar surface area (TPSA) is 34.1 Å². The first kappa shape index (κ1) is 11.9. The highest BCUT2D eigenvalue weighted by molar-refractivity contribution is 6.12. The van der Waals surface area contributed by atoms with E-state index in [1.807, 2.05) is 6.07 Å². The Morgan fingerprint density at radius 2 is 2.00 bits per heavy atom. The van der Waals surface area contributed by atoms with Gasteiger partial charge in [0, 0.05) is 5.56 Å². The molecule has 90 valence electrons. The number of aryl methyl sites for hydroxylation is 1. The largest absolute Gasteiger partial charge is 0.296 e. The van der Waals surface area contributed by atoms with Crippen LogP contribution in [-0.2, 0) is 11.2 Å². The maximum atomic E-state index is 12.4. The molecular weight excluding hydrogens is 226 g/mol. The summed E-state index contributed by atoms with van der Waals surface area (Å²) in [6.07, 6.45) is -1.59. The van der Waals surface area contributed by atoms with Crippen molar-refractivity contribution in [3.63, 3.8) is 0 Å². The van der Waals surface area contributed by atoms with Gasteiger partial charge in [-0.1, -0.05) is 24.3 Å². The van der Waals surface area contributed by atoms with E-state index < -0.39 is 23.9 Å². The van der Waals surface area contributed by atoms with Gasteiger partial charge in [0.15, 0.2) is 5.78 Å². The van der Waals surface area contributed by atoms with Gasteiger partial charge < -0.3 is 0 Å². The predicted octanol–water partition coefficient (Wildman–Crippen LogP) is 2.66. The molecule has 0 aliphatic heterocycles.